The van der Waals surface area contributed by atoms with Crippen molar-refractivity contribution in [3.05, 3.63) is 70.8 Å². The van der Waals surface area contributed by atoms with Crippen LogP contribution in [0.25, 0.3) is 0 Å². The van der Waals surface area contributed by atoms with Crippen molar-refractivity contribution < 1.29 is 23.9 Å². The van der Waals surface area contributed by atoms with E-state index in [1.54, 1.807) is 30.3 Å². The van der Waals surface area contributed by atoms with Gasteiger partial charge in [0.15, 0.2) is 0 Å². The zero-order valence-electron chi connectivity index (χ0n) is 14.9. The van der Waals surface area contributed by atoms with Crippen LogP contribution in [0, 0.1) is 11.3 Å². The summed E-state index contributed by atoms with van der Waals surface area (Å²) in [4.78, 5) is 36.2. The maximum atomic E-state index is 12.5. The van der Waals surface area contributed by atoms with Gasteiger partial charge in [-0.15, -0.1) is 0 Å². The Balaban J connectivity index is 2.20. The van der Waals surface area contributed by atoms with Crippen molar-refractivity contribution in [2.75, 3.05) is 14.2 Å². The minimum atomic E-state index is -0.946. The SMILES string of the molecule is COC(=O)c1cccc(C(=O)N[C@H](Cc2cccc(C#N)c2)C(=O)OC)c1. The van der Waals surface area contributed by atoms with Crippen LogP contribution in [-0.2, 0) is 20.7 Å². The van der Waals surface area contributed by atoms with Crippen LogP contribution in [0.2, 0.25) is 0 Å². The van der Waals surface area contributed by atoms with Crippen LogP contribution in [0.4, 0.5) is 0 Å². The van der Waals surface area contributed by atoms with Gasteiger partial charge < -0.3 is 14.8 Å². The van der Waals surface area contributed by atoms with E-state index in [0.717, 1.165) is 0 Å². The molecule has 1 atom stereocenters. The van der Waals surface area contributed by atoms with Crippen molar-refractivity contribution >= 4 is 17.8 Å². The normalized spacial score (nSPS) is 11.0. The Bertz CT molecular complexity index is 901. The number of methoxy groups -OCH3 is 2. The predicted octanol–water partition coefficient (Wildman–Crippen LogP) is 1.86. The average molecular weight is 366 g/mol. The number of benzene rings is 2. The van der Waals surface area contributed by atoms with Gasteiger partial charge in [-0.25, -0.2) is 9.59 Å². The molecule has 2 rings (SSSR count). The van der Waals surface area contributed by atoms with Gasteiger partial charge in [0.25, 0.3) is 5.91 Å². The molecule has 0 aliphatic carbocycles. The Morgan fingerprint density at radius 3 is 2.41 bits per heavy atom. The molecule has 0 unspecified atom stereocenters. The maximum Gasteiger partial charge on any atom is 0.337 e. The van der Waals surface area contributed by atoms with Crippen molar-refractivity contribution in [3.63, 3.8) is 0 Å². The van der Waals surface area contributed by atoms with Gasteiger partial charge in [0.1, 0.15) is 6.04 Å². The Kier molecular flexibility index (Phi) is 6.67. The second kappa shape index (κ2) is 9.15. The van der Waals surface area contributed by atoms with E-state index in [0.29, 0.717) is 11.1 Å². The molecule has 0 heterocycles. The molecule has 7 heteroatoms. The predicted molar refractivity (Wildman–Crippen MR) is 95.9 cm³/mol. The molecule has 1 N–H and O–H groups in total. The van der Waals surface area contributed by atoms with Crippen molar-refractivity contribution in [2.24, 2.45) is 0 Å². The van der Waals surface area contributed by atoms with Gasteiger partial charge in [-0.1, -0.05) is 18.2 Å². The number of ether oxygens (including phenoxy) is 2. The molecule has 0 bridgehead atoms. The van der Waals surface area contributed by atoms with E-state index in [-0.39, 0.29) is 17.5 Å². The fraction of sp³-hybridized carbons (Fsp3) is 0.200. The van der Waals surface area contributed by atoms with Gasteiger partial charge in [0, 0.05) is 12.0 Å². The van der Waals surface area contributed by atoms with Crippen molar-refractivity contribution in [1.29, 1.82) is 5.26 Å². The number of hydrogen-bond acceptors (Lipinski definition) is 6. The molecule has 0 saturated carbocycles. The van der Waals surface area contributed by atoms with Crippen LogP contribution in [0.3, 0.4) is 0 Å². The monoisotopic (exact) mass is 366 g/mol. The first kappa shape index (κ1) is 19.7. The summed E-state index contributed by atoms with van der Waals surface area (Å²) in [6.45, 7) is 0. The number of rotatable bonds is 6. The molecule has 1 amide bonds. The summed E-state index contributed by atoms with van der Waals surface area (Å²) in [6, 6.07) is 13.8. The fourth-order valence-corrected chi connectivity index (χ4v) is 2.49. The third-order valence-electron chi connectivity index (χ3n) is 3.83. The molecule has 0 radical (unpaired) electrons. The van der Waals surface area contributed by atoms with Gasteiger partial charge in [-0.3, -0.25) is 4.79 Å². The standard InChI is InChI=1S/C20H18N2O5/c1-26-19(24)16-8-4-7-15(11-16)18(23)22-17(20(25)27-2)10-13-5-3-6-14(9-13)12-21/h3-9,11,17H,10H2,1-2H3,(H,22,23)/t17-/m1/s1. The summed E-state index contributed by atoms with van der Waals surface area (Å²) in [6.07, 6.45) is 0.157. The van der Waals surface area contributed by atoms with E-state index in [9.17, 15) is 14.4 Å². The molecule has 0 fully saturated rings. The van der Waals surface area contributed by atoms with Crippen LogP contribution in [0.5, 0.6) is 0 Å². The average Bonchev–Trinajstić information content (AvgIpc) is 2.72. The summed E-state index contributed by atoms with van der Waals surface area (Å²) in [5, 5.41) is 11.6. The molecule has 0 saturated heterocycles. The summed E-state index contributed by atoms with van der Waals surface area (Å²) in [5.74, 6) is -1.72. The third kappa shape index (κ3) is 5.16. The van der Waals surface area contributed by atoms with Gasteiger partial charge in [0.05, 0.1) is 31.4 Å². The van der Waals surface area contributed by atoms with Crippen LogP contribution < -0.4 is 5.32 Å². The first-order valence-corrected chi connectivity index (χ1v) is 8.04. The summed E-state index contributed by atoms with van der Waals surface area (Å²) in [5.41, 5.74) is 1.58. The second-order valence-corrected chi connectivity index (χ2v) is 5.64. The van der Waals surface area contributed by atoms with E-state index in [2.05, 4.69) is 10.1 Å². The quantitative estimate of drug-likeness (QED) is 0.782. The van der Waals surface area contributed by atoms with E-state index in [1.807, 2.05) is 6.07 Å². The lowest BCUT2D eigenvalue weighted by molar-refractivity contribution is -0.142. The fourth-order valence-electron chi connectivity index (χ4n) is 2.49. The summed E-state index contributed by atoms with van der Waals surface area (Å²) in [7, 11) is 2.47. The summed E-state index contributed by atoms with van der Waals surface area (Å²) < 4.78 is 9.40. The number of hydrogen-bond donors (Lipinski definition) is 1. The molecule has 0 spiro atoms. The highest BCUT2D eigenvalue weighted by Crippen LogP contribution is 2.11. The molecule has 138 valence electrons. The van der Waals surface area contributed by atoms with E-state index in [4.69, 9.17) is 10.00 Å². The molecule has 0 aliphatic rings. The number of carbonyl (C=O) groups excluding carboxylic acids is 3. The third-order valence-corrected chi connectivity index (χ3v) is 3.83. The Labute approximate surface area is 156 Å². The molecule has 0 aromatic heterocycles. The molecule has 7 nitrogen and oxygen atoms in total. The zero-order valence-corrected chi connectivity index (χ0v) is 14.9. The highest BCUT2D eigenvalue weighted by molar-refractivity contribution is 5.99. The molecular formula is C20H18N2O5. The van der Waals surface area contributed by atoms with Gasteiger partial charge in [-0.2, -0.15) is 5.26 Å². The Morgan fingerprint density at radius 1 is 1.04 bits per heavy atom. The van der Waals surface area contributed by atoms with Gasteiger partial charge >= 0.3 is 11.9 Å². The van der Waals surface area contributed by atoms with Crippen LogP contribution in [-0.4, -0.2) is 38.1 Å². The largest absolute Gasteiger partial charge is 0.467 e. The molecule has 2 aromatic rings. The van der Waals surface area contributed by atoms with E-state index in [1.165, 1.54) is 32.4 Å². The number of nitrogens with one attached hydrogen (secondary N) is 1. The van der Waals surface area contributed by atoms with Gasteiger partial charge in [-0.05, 0) is 35.9 Å². The van der Waals surface area contributed by atoms with Crippen molar-refractivity contribution in [3.8, 4) is 6.07 Å². The smallest absolute Gasteiger partial charge is 0.337 e. The minimum Gasteiger partial charge on any atom is -0.467 e. The van der Waals surface area contributed by atoms with Crippen molar-refractivity contribution in [1.82, 2.24) is 5.32 Å². The Hall–Kier alpha value is -3.66. The molecule has 27 heavy (non-hydrogen) atoms. The lowest BCUT2D eigenvalue weighted by Crippen LogP contribution is -2.43. The minimum absolute atomic E-state index is 0.157. The Morgan fingerprint density at radius 2 is 1.74 bits per heavy atom. The lowest BCUT2D eigenvalue weighted by Gasteiger charge is -2.17. The number of nitriles is 1. The first-order chi connectivity index (χ1) is 13.0. The van der Waals surface area contributed by atoms with Gasteiger partial charge in [0.2, 0.25) is 0 Å². The lowest BCUT2D eigenvalue weighted by atomic mass is 10.0. The maximum absolute atomic E-state index is 12.5. The highest BCUT2D eigenvalue weighted by Gasteiger charge is 2.23. The molecular weight excluding hydrogens is 348 g/mol. The number of esters is 2. The van der Waals surface area contributed by atoms with Crippen LogP contribution in [0.1, 0.15) is 31.8 Å². The van der Waals surface area contributed by atoms with Crippen LogP contribution in [0.15, 0.2) is 48.5 Å². The van der Waals surface area contributed by atoms with Crippen LogP contribution >= 0.6 is 0 Å². The molecule has 2 aromatic carbocycles. The van der Waals surface area contributed by atoms with Crippen molar-refractivity contribution in [2.45, 2.75) is 12.5 Å². The zero-order chi connectivity index (χ0) is 19.8. The second-order valence-electron chi connectivity index (χ2n) is 5.64. The first-order valence-electron chi connectivity index (χ1n) is 8.04. The number of nitrogens with zero attached hydrogens (tertiary/aromatic N) is 1. The highest BCUT2D eigenvalue weighted by atomic mass is 16.5. The van der Waals surface area contributed by atoms with E-state index < -0.39 is 23.9 Å². The number of amides is 1. The number of carbonyl (C=O) groups is 3. The summed E-state index contributed by atoms with van der Waals surface area (Å²) >= 11 is 0. The topological polar surface area (TPSA) is 105 Å². The molecule has 0 aliphatic heterocycles. The van der Waals surface area contributed by atoms with E-state index >= 15 is 0 Å².